The number of aromatic hydroxyl groups is 1. The topological polar surface area (TPSA) is 78.4 Å². The molecule has 0 unspecified atom stereocenters. The molecule has 0 aromatic heterocycles. The zero-order chi connectivity index (χ0) is 24.7. The summed E-state index contributed by atoms with van der Waals surface area (Å²) in [5.74, 6) is -0.715. The van der Waals surface area contributed by atoms with E-state index >= 15 is 0 Å². The van der Waals surface area contributed by atoms with E-state index in [1.165, 1.54) is 5.56 Å². The number of aryl methyl sites for hydroxylation is 2. The van der Waals surface area contributed by atoms with Crippen LogP contribution in [0.3, 0.4) is 0 Å². The van der Waals surface area contributed by atoms with E-state index in [1.54, 1.807) is 54.6 Å². The Bertz CT molecular complexity index is 1310. The number of hydrogen-bond acceptors (Lipinski definition) is 3. The maximum absolute atomic E-state index is 12.8. The number of benzene rings is 4. The minimum atomic E-state index is -0.358. The zero-order valence-corrected chi connectivity index (χ0v) is 20.0. The van der Waals surface area contributed by atoms with E-state index in [1.807, 2.05) is 45.9 Å². The average Bonchev–Trinajstić information content (AvgIpc) is 2.86. The molecule has 0 atom stereocenters. The van der Waals surface area contributed by atoms with Crippen LogP contribution in [0.5, 0.6) is 5.75 Å². The van der Waals surface area contributed by atoms with Crippen molar-refractivity contribution in [3.05, 3.63) is 107 Å². The highest BCUT2D eigenvalue weighted by atomic mass is 16.3. The van der Waals surface area contributed by atoms with Crippen molar-refractivity contribution in [1.29, 1.82) is 0 Å². The van der Waals surface area contributed by atoms with Gasteiger partial charge in [0.2, 0.25) is 0 Å². The second kappa shape index (κ2) is 11.1. The number of hydrogen-bond donors (Lipinski definition) is 3. The Labute approximate surface area is 200 Å². The summed E-state index contributed by atoms with van der Waals surface area (Å²) in [6.07, 6.45) is 0. The molecule has 5 nitrogen and oxygen atoms in total. The Morgan fingerprint density at radius 1 is 0.794 bits per heavy atom. The Morgan fingerprint density at radius 2 is 1.53 bits per heavy atom. The third kappa shape index (κ3) is 5.44. The zero-order valence-electron chi connectivity index (χ0n) is 20.0. The van der Waals surface area contributed by atoms with Crippen LogP contribution in [0.2, 0.25) is 0 Å². The van der Waals surface area contributed by atoms with E-state index < -0.39 is 0 Å². The Kier molecular flexibility index (Phi) is 8.04. The molecule has 3 N–H and O–H groups in total. The molecule has 0 bridgehead atoms. The van der Waals surface area contributed by atoms with E-state index in [0.717, 1.165) is 11.1 Å². The lowest BCUT2D eigenvalue weighted by Gasteiger charge is -2.13. The van der Waals surface area contributed by atoms with E-state index in [2.05, 4.69) is 16.7 Å². The monoisotopic (exact) mass is 454 g/mol. The SMILES string of the molecule is CC.Cc1ccc(CNC(=O)c2ccc3c(NC(=O)c4ccccc4)cccc3c2O)c(C)c1. The van der Waals surface area contributed by atoms with Crippen molar-refractivity contribution < 1.29 is 14.7 Å². The predicted octanol–water partition coefficient (Wildman–Crippen LogP) is 6.37. The van der Waals surface area contributed by atoms with Gasteiger partial charge in [-0.25, -0.2) is 0 Å². The molecule has 2 amide bonds. The molecular formula is C29H30N2O3. The molecule has 0 spiro atoms. The highest BCUT2D eigenvalue weighted by Crippen LogP contribution is 2.33. The number of fused-ring (bicyclic) bond motifs is 1. The van der Waals surface area contributed by atoms with Crippen molar-refractivity contribution in [2.24, 2.45) is 0 Å². The van der Waals surface area contributed by atoms with Gasteiger partial charge in [0.25, 0.3) is 11.8 Å². The molecule has 0 aliphatic carbocycles. The molecular weight excluding hydrogens is 424 g/mol. The molecule has 0 heterocycles. The second-order valence-corrected chi connectivity index (χ2v) is 7.80. The number of amides is 2. The summed E-state index contributed by atoms with van der Waals surface area (Å²) in [5.41, 5.74) is 4.58. The molecule has 0 aliphatic rings. The van der Waals surface area contributed by atoms with Crippen LogP contribution in [0.15, 0.2) is 78.9 Å². The van der Waals surface area contributed by atoms with E-state index in [9.17, 15) is 14.7 Å². The Balaban J connectivity index is 0.00000158. The van der Waals surface area contributed by atoms with Gasteiger partial charge >= 0.3 is 0 Å². The van der Waals surface area contributed by atoms with Crippen LogP contribution in [0.25, 0.3) is 10.8 Å². The van der Waals surface area contributed by atoms with Crippen LogP contribution in [0.4, 0.5) is 5.69 Å². The lowest BCUT2D eigenvalue weighted by molar-refractivity contribution is 0.0947. The minimum absolute atomic E-state index is 0.114. The average molecular weight is 455 g/mol. The van der Waals surface area contributed by atoms with Crippen LogP contribution in [-0.4, -0.2) is 16.9 Å². The standard InChI is InChI=1S/C27H24N2O3.C2H6/c1-17-11-12-20(18(2)15-17)16-28-27(32)23-14-13-21-22(25(23)30)9-6-10-24(21)29-26(31)19-7-4-3-5-8-19;1-2/h3-15,30H,16H2,1-2H3,(H,28,32)(H,29,31);1-2H3. The largest absolute Gasteiger partial charge is 0.506 e. The summed E-state index contributed by atoms with van der Waals surface area (Å²) in [6, 6.07) is 23.5. The fourth-order valence-corrected chi connectivity index (χ4v) is 3.73. The van der Waals surface area contributed by atoms with Crippen LogP contribution in [0.1, 0.15) is 51.3 Å². The smallest absolute Gasteiger partial charge is 0.255 e. The molecule has 5 heteroatoms. The van der Waals surface area contributed by atoms with Gasteiger partial charge in [-0.2, -0.15) is 0 Å². The molecule has 34 heavy (non-hydrogen) atoms. The first-order valence-electron chi connectivity index (χ1n) is 11.4. The van der Waals surface area contributed by atoms with Crippen molar-refractivity contribution in [2.45, 2.75) is 34.2 Å². The van der Waals surface area contributed by atoms with Crippen LogP contribution >= 0.6 is 0 Å². The summed E-state index contributed by atoms with van der Waals surface area (Å²) < 4.78 is 0. The van der Waals surface area contributed by atoms with Crippen molar-refractivity contribution >= 4 is 28.3 Å². The summed E-state index contributed by atoms with van der Waals surface area (Å²) in [4.78, 5) is 25.3. The fraction of sp³-hybridized carbons (Fsp3) is 0.172. The van der Waals surface area contributed by atoms with Crippen molar-refractivity contribution in [1.82, 2.24) is 5.32 Å². The quantitative estimate of drug-likeness (QED) is 0.328. The molecule has 4 rings (SSSR count). The normalized spacial score (nSPS) is 10.2. The van der Waals surface area contributed by atoms with Crippen molar-refractivity contribution in [2.75, 3.05) is 5.32 Å². The third-order valence-corrected chi connectivity index (χ3v) is 5.50. The van der Waals surface area contributed by atoms with Gasteiger partial charge in [-0.3, -0.25) is 9.59 Å². The number of phenols is 1. The van der Waals surface area contributed by atoms with Gasteiger partial charge in [-0.15, -0.1) is 0 Å². The van der Waals surface area contributed by atoms with Gasteiger partial charge in [-0.1, -0.05) is 74.0 Å². The lowest BCUT2D eigenvalue weighted by Crippen LogP contribution is -2.23. The predicted molar refractivity (Wildman–Crippen MR) is 138 cm³/mol. The third-order valence-electron chi connectivity index (χ3n) is 5.50. The van der Waals surface area contributed by atoms with Crippen LogP contribution < -0.4 is 10.6 Å². The molecule has 0 saturated carbocycles. The summed E-state index contributed by atoms with van der Waals surface area (Å²) in [5, 5.41) is 17.7. The number of carbonyl (C=O) groups excluding carboxylic acids is 2. The van der Waals surface area contributed by atoms with Crippen LogP contribution in [-0.2, 0) is 6.54 Å². The summed E-state index contributed by atoms with van der Waals surface area (Å²) in [7, 11) is 0. The highest BCUT2D eigenvalue weighted by molar-refractivity contribution is 6.12. The summed E-state index contributed by atoms with van der Waals surface area (Å²) >= 11 is 0. The molecule has 0 aliphatic heterocycles. The Hall–Kier alpha value is -4.12. The maximum Gasteiger partial charge on any atom is 0.255 e. The highest BCUT2D eigenvalue weighted by Gasteiger charge is 2.16. The van der Waals surface area contributed by atoms with Crippen molar-refractivity contribution in [3.63, 3.8) is 0 Å². The molecule has 174 valence electrons. The van der Waals surface area contributed by atoms with Crippen LogP contribution in [0, 0.1) is 13.8 Å². The lowest BCUT2D eigenvalue weighted by atomic mass is 10.0. The number of phenolic OH excluding ortho intramolecular Hbond substituents is 1. The molecule has 0 saturated heterocycles. The first-order valence-corrected chi connectivity index (χ1v) is 11.4. The number of carbonyl (C=O) groups is 2. The number of anilines is 1. The number of rotatable bonds is 5. The maximum atomic E-state index is 12.8. The minimum Gasteiger partial charge on any atom is -0.506 e. The van der Waals surface area contributed by atoms with Gasteiger partial charge in [0.15, 0.2) is 0 Å². The fourth-order valence-electron chi connectivity index (χ4n) is 3.73. The second-order valence-electron chi connectivity index (χ2n) is 7.80. The summed E-state index contributed by atoms with van der Waals surface area (Å²) in [6.45, 7) is 8.40. The van der Waals surface area contributed by atoms with E-state index in [-0.39, 0.29) is 23.1 Å². The molecule has 0 fully saturated rings. The molecule has 4 aromatic carbocycles. The molecule has 4 aromatic rings. The van der Waals surface area contributed by atoms with Gasteiger partial charge in [0, 0.05) is 28.6 Å². The van der Waals surface area contributed by atoms with Gasteiger partial charge in [0.1, 0.15) is 5.75 Å². The van der Waals surface area contributed by atoms with Gasteiger partial charge in [0.05, 0.1) is 5.56 Å². The van der Waals surface area contributed by atoms with Gasteiger partial charge < -0.3 is 15.7 Å². The molecule has 0 radical (unpaired) electrons. The van der Waals surface area contributed by atoms with Crippen molar-refractivity contribution in [3.8, 4) is 5.75 Å². The first kappa shape index (κ1) is 24.5. The van der Waals surface area contributed by atoms with E-state index in [4.69, 9.17) is 0 Å². The number of nitrogens with one attached hydrogen (secondary N) is 2. The first-order chi connectivity index (χ1) is 16.4. The Morgan fingerprint density at radius 3 is 2.24 bits per heavy atom. The van der Waals surface area contributed by atoms with E-state index in [0.29, 0.717) is 28.6 Å². The van der Waals surface area contributed by atoms with Gasteiger partial charge in [-0.05, 0) is 49.2 Å².